The fraction of sp³-hybridized carbons (Fsp3) is 0.538. The van der Waals surface area contributed by atoms with Gasteiger partial charge >= 0.3 is 0 Å². The first kappa shape index (κ1) is 12.7. The van der Waals surface area contributed by atoms with Gasteiger partial charge in [0.05, 0.1) is 10.7 Å². The molecule has 1 heterocycles. The lowest BCUT2D eigenvalue weighted by Gasteiger charge is -2.20. The van der Waals surface area contributed by atoms with Gasteiger partial charge in [-0.25, -0.2) is 0 Å². The lowest BCUT2D eigenvalue weighted by molar-refractivity contribution is 0.265. The van der Waals surface area contributed by atoms with Gasteiger partial charge in [0, 0.05) is 25.7 Å². The first-order valence-corrected chi connectivity index (χ1v) is 6.37. The Kier molecular flexibility index (Phi) is 3.92. The van der Waals surface area contributed by atoms with Gasteiger partial charge in [-0.1, -0.05) is 17.7 Å². The van der Waals surface area contributed by atoms with E-state index in [0.717, 1.165) is 19.6 Å². The van der Waals surface area contributed by atoms with Gasteiger partial charge in [-0.3, -0.25) is 4.90 Å². The average Bonchev–Trinajstić information content (AvgIpc) is 2.72. The molecule has 0 spiro atoms. The van der Waals surface area contributed by atoms with Crippen LogP contribution in [0, 0.1) is 0 Å². The molecule has 1 unspecified atom stereocenters. The maximum atomic E-state index is 5.92. The number of likely N-dealkylation sites (N-methyl/N-ethyl adjacent to an activating group) is 1. The number of halogens is 1. The van der Waals surface area contributed by atoms with Gasteiger partial charge in [-0.05, 0) is 38.2 Å². The summed E-state index contributed by atoms with van der Waals surface area (Å²) in [4.78, 5) is 4.77. The predicted molar refractivity (Wildman–Crippen MR) is 73.2 cm³/mol. The van der Waals surface area contributed by atoms with Crippen molar-refractivity contribution in [2.24, 2.45) is 0 Å². The molecule has 0 aliphatic carbocycles. The number of nitrogens with two attached hydrogens (primary N) is 1. The van der Waals surface area contributed by atoms with E-state index in [1.54, 1.807) is 0 Å². The molecule has 2 rings (SSSR count). The van der Waals surface area contributed by atoms with Crippen molar-refractivity contribution in [3.8, 4) is 0 Å². The topological polar surface area (TPSA) is 32.5 Å². The number of benzene rings is 1. The Morgan fingerprint density at radius 2 is 2.24 bits per heavy atom. The van der Waals surface area contributed by atoms with Crippen molar-refractivity contribution in [2.75, 3.05) is 32.9 Å². The van der Waals surface area contributed by atoms with Gasteiger partial charge < -0.3 is 10.6 Å². The minimum atomic E-state index is 0.640. The Labute approximate surface area is 108 Å². The monoisotopic (exact) mass is 253 g/mol. The van der Waals surface area contributed by atoms with Crippen LogP contribution in [-0.4, -0.2) is 43.0 Å². The number of nitrogen functional groups attached to an aromatic ring is 1. The zero-order valence-electron chi connectivity index (χ0n) is 10.5. The highest BCUT2D eigenvalue weighted by atomic mass is 35.5. The van der Waals surface area contributed by atoms with Crippen LogP contribution in [0.1, 0.15) is 12.0 Å². The molecular formula is C13H20ClN3. The summed E-state index contributed by atoms with van der Waals surface area (Å²) in [7, 11) is 4.29. The molecule has 0 amide bonds. The summed E-state index contributed by atoms with van der Waals surface area (Å²) in [5.41, 5.74) is 7.73. The third-order valence-electron chi connectivity index (χ3n) is 3.44. The van der Waals surface area contributed by atoms with Gasteiger partial charge in [-0.2, -0.15) is 0 Å². The highest BCUT2D eigenvalue weighted by Crippen LogP contribution is 2.22. The van der Waals surface area contributed by atoms with Crippen LogP contribution < -0.4 is 5.73 Å². The largest absolute Gasteiger partial charge is 0.398 e. The van der Waals surface area contributed by atoms with Crippen LogP contribution in [0.2, 0.25) is 5.02 Å². The molecule has 1 aliphatic rings. The van der Waals surface area contributed by atoms with E-state index >= 15 is 0 Å². The van der Waals surface area contributed by atoms with E-state index in [1.807, 2.05) is 12.1 Å². The molecule has 1 saturated heterocycles. The van der Waals surface area contributed by atoms with Crippen molar-refractivity contribution in [3.05, 3.63) is 28.8 Å². The Hall–Kier alpha value is -0.770. The number of hydrogen-bond donors (Lipinski definition) is 1. The fourth-order valence-electron chi connectivity index (χ4n) is 2.33. The van der Waals surface area contributed by atoms with E-state index in [2.05, 4.69) is 30.0 Å². The molecule has 4 heteroatoms. The van der Waals surface area contributed by atoms with Crippen LogP contribution in [0.5, 0.6) is 0 Å². The molecule has 3 nitrogen and oxygen atoms in total. The number of likely N-dealkylation sites (tertiary alicyclic amines) is 1. The Morgan fingerprint density at radius 1 is 1.47 bits per heavy atom. The zero-order valence-corrected chi connectivity index (χ0v) is 11.2. The smallest absolute Gasteiger partial charge is 0.0635 e. The van der Waals surface area contributed by atoms with Crippen LogP contribution in [0.4, 0.5) is 5.69 Å². The quantitative estimate of drug-likeness (QED) is 0.837. The maximum absolute atomic E-state index is 5.92. The van der Waals surface area contributed by atoms with Crippen LogP contribution in [0.15, 0.2) is 18.2 Å². The highest BCUT2D eigenvalue weighted by molar-refractivity contribution is 6.33. The second-order valence-corrected chi connectivity index (χ2v) is 5.40. The molecule has 1 aromatic rings. The number of hydrogen-bond acceptors (Lipinski definition) is 3. The maximum Gasteiger partial charge on any atom is 0.0635 e. The van der Waals surface area contributed by atoms with Crippen LogP contribution >= 0.6 is 11.6 Å². The van der Waals surface area contributed by atoms with Gasteiger partial charge in [0.25, 0.3) is 0 Å². The van der Waals surface area contributed by atoms with Crippen molar-refractivity contribution in [3.63, 3.8) is 0 Å². The van der Waals surface area contributed by atoms with E-state index in [4.69, 9.17) is 17.3 Å². The van der Waals surface area contributed by atoms with Gasteiger partial charge in [-0.15, -0.1) is 0 Å². The average molecular weight is 254 g/mol. The van der Waals surface area contributed by atoms with Crippen LogP contribution in [0.3, 0.4) is 0 Å². The third kappa shape index (κ3) is 3.12. The van der Waals surface area contributed by atoms with E-state index in [-0.39, 0.29) is 0 Å². The van der Waals surface area contributed by atoms with E-state index in [9.17, 15) is 0 Å². The van der Waals surface area contributed by atoms with Crippen molar-refractivity contribution in [1.82, 2.24) is 9.80 Å². The van der Waals surface area contributed by atoms with Crippen LogP contribution in [0.25, 0.3) is 0 Å². The Bertz CT molecular complexity index is 392. The highest BCUT2D eigenvalue weighted by Gasteiger charge is 2.23. The molecule has 0 saturated carbocycles. The normalized spacial score (nSPS) is 21.3. The first-order chi connectivity index (χ1) is 8.06. The lowest BCUT2D eigenvalue weighted by atomic mass is 10.2. The molecule has 0 aromatic heterocycles. The van der Waals surface area contributed by atoms with Crippen molar-refractivity contribution < 1.29 is 0 Å². The van der Waals surface area contributed by atoms with E-state index < -0.39 is 0 Å². The number of anilines is 1. The summed E-state index contributed by atoms with van der Waals surface area (Å²) < 4.78 is 0. The number of rotatable bonds is 3. The third-order valence-corrected chi connectivity index (χ3v) is 3.79. The summed E-state index contributed by atoms with van der Waals surface area (Å²) in [6.45, 7) is 3.26. The van der Waals surface area contributed by atoms with E-state index in [1.165, 1.54) is 12.0 Å². The standard InChI is InChI=1S/C13H20ClN3/c1-16(2)11-5-6-17(9-11)8-10-3-4-12(14)13(15)7-10/h3-4,7,11H,5-6,8-9,15H2,1-2H3. The Balaban J connectivity index is 1.96. The van der Waals surface area contributed by atoms with Gasteiger partial charge in [0.1, 0.15) is 0 Å². The predicted octanol–water partition coefficient (Wildman–Crippen LogP) is 2.06. The summed E-state index contributed by atoms with van der Waals surface area (Å²) in [5, 5.41) is 0.640. The number of nitrogens with zero attached hydrogens (tertiary/aromatic N) is 2. The van der Waals surface area contributed by atoms with Crippen molar-refractivity contribution >= 4 is 17.3 Å². The molecule has 1 aromatic carbocycles. The molecule has 94 valence electrons. The molecule has 17 heavy (non-hydrogen) atoms. The zero-order chi connectivity index (χ0) is 12.4. The Morgan fingerprint density at radius 3 is 2.82 bits per heavy atom. The first-order valence-electron chi connectivity index (χ1n) is 5.99. The van der Waals surface area contributed by atoms with Gasteiger partial charge in [0.15, 0.2) is 0 Å². The summed E-state index contributed by atoms with van der Waals surface area (Å²) in [6, 6.07) is 6.60. The summed E-state index contributed by atoms with van der Waals surface area (Å²) in [6.07, 6.45) is 1.25. The molecule has 1 aliphatic heterocycles. The molecule has 0 bridgehead atoms. The van der Waals surface area contributed by atoms with E-state index in [0.29, 0.717) is 16.8 Å². The molecular weight excluding hydrogens is 234 g/mol. The molecule has 1 atom stereocenters. The van der Waals surface area contributed by atoms with Gasteiger partial charge in [0.2, 0.25) is 0 Å². The fourth-order valence-corrected chi connectivity index (χ4v) is 2.44. The van der Waals surface area contributed by atoms with Crippen molar-refractivity contribution in [2.45, 2.75) is 19.0 Å². The SMILES string of the molecule is CN(C)C1CCN(Cc2ccc(Cl)c(N)c2)C1. The summed E-state index contributed by atoms with van der Waals surface area (Å²) in [5.74, 6) is 0. The minimum Gasteiger partial charge on any atom is -0.398 e. The molecule has 2 N–H and O–H groups in total. The van der Waals surface area contributed by atoms with Crippen LogP contribution in [-0.2, 0) is 6.54 Å². The minimum absolute atomic E-state index is 0.640. The van der Waals surface area contributed by atoms with Crippen molar-refractivity contribution in [1.29, 1.82) is 0 Å². The summed E-state index contributed by atoms with van der Waals surface area (Å²) >= 11 is 5.92. The lowest BCUT2D eigenvalue weighted by Crippen LogP contribution is -2.31. The second kappa shape index (κ2) is 5.25. The molecule has 0 radical (unpaired) electrons. The molecule has 1 fully saturated rings. The second-order valence-electron chi connectivity index (χ2n) is 5.00.